The molecule has 0 fully saturated rings. The second-order valence-electron chi connectivity index (χ2n) is 2.76. The fourth-order valence-electron chi connectivity index (χ4n) is 1.03. The molecule has 0 radical (unpaired) electrons. The minimum Gasteiger partial charge on any atom is -0.480 e. The number of halogens is 1. The summed E-state index contributed by atoms with van der Waals surface area (Å²) in [7, 11) is 1.52. The summed E-state index contributed by atoms with van der Waals surface area (Å²) in [5, 5.41) is 9.20. The number of allylic oxidation sites excluding steroid dienone is 1. The molecule has 1 N–H and O–H groups in total. The molecule has 0 aliphatic heterocycles. The van der Waals surface area contributed by atoms with Gasteiger partial charge in [-0.2, -0.15) is 0 Å². The van der Waals surface area contributed by atoms with E-state index in [1.165, 1.54) is 7.11 Å². The Hall–Kier alpha value is -1.06. The Morgan fingerprint density at radius 2 is 2.12 bits per heavy atom. The van der Waals surface area contributed by atoms with E-state index in [-0.39, 0.29) is 6.61 Å². The Balaban J connectivity index is 0.00000106. The Labute approximate surface area is 102 Å². The topological polar surface area (TPSA) is 42.4 Å². The fraction of sp³-hybridized carbons (Fsp3) is 0.417. The number of pyridine rings is 1. The molecule has 0 unspecified atom stereocenters. The van der Waals surface area contributed by atoms with Crippen LogP contribution in [0.2, 0.25) is 5.02 Å². The molecule has 1 aromatic rings. The summed E-state index contributed by atoms with van der Waals surface area (Å²) in [6.45, 7) is 5.87. The van der Waals surface area contributed by atoms with Crippen LogP contribution in [0.25, 0.3) is 5.57 Å². The molecule has 0 amide bonds. The van der Waals surface area contributed by atoms with Crippen LogP contribution < -0.4 is 4.74 Å². The van der Waals surface area contributed by atoms with Crippen LogP contribution in [-0.4, -0.2) is 23.8 Å². The molecule has 0 spiro atoms. The quantitative estimate of drug-likeness (QED) is 0.887. The average molecular weight is 244 g/mol. The molecule has 0 saturated heterocycles. The number of hydrogen-bond donors (Lipinski definition) is 1. The largest absolute Gasteiger partial charge is 0.480 e. The Kier molecular flexibility index (Phi) is 7.60. The van der Waals surface area contributed by atoms with Gasteiger partial charge < -0.3 is 9.84 Å². The third kappa shape index (κ3) is 4.21. The van der Waals surface area contributed by atoms with Crippen molar-refractivity contribution in [2.75, 3.05) is 13.7 Å². The molecule has 0 atom stereocenters. The summed E-state index contributed by atoms with van der Waals surface area (Å²) in [4.78, 5) is 4.18. The minimum absolute atomic E-state index is 0.00153. The van der Waals surface area contributed by atoms with Gasteiger partial charge in [0.25, 0.3) is 0 Å². The van der Waals surface area contributed by atoms with Crippen molar-refractivity contribution in [3.8, 4) is 5.88 Å². The maximum atomic E-state index is 8.72. The molecular weight excluding hydrogens is 226 g/mol. The first-order valence-electron chi connectivity index (χ1n) is 5.17. The van der Waals surface area contributed by atoms with Gasteiger partial charge >= 0.3 is 0 Å². The number of nitrogens with zero attached hydrogens (tertiary/aromatic N) is 1. The molecular formula is C12H18ClNO2. The van der Waals surface area contributed by atoms with Crippen molar-refractivity contribution in [2.24, 2.45) is 0 Å². The van der Waals surface area contributed by atoms with Gasteiger partial charge in [0.05, 0.1) is 19.4 Å². The predicted molar refractivity (Wildman–Crippen MR) is 67.9 cm³/mol. The van der Waals surface area contributed by atoms with E-state index in [0.29, 0.717) is 10.9 Å². The number of methoxy groups -OCH3 is 1. The van der Waals surface area contributed by atoms with Gasteiger partial charge in [0.2, 0.25) is 5.88 Å². The molecule has 0 aliphatic carbocycles. The van der Waals surface area contributed by atoms with Crippen molar-refractivity contribution < 1.29 is 9.84 Å². The maximum Gasteiger partial charge on any atom is 0.232 e. The summed E-state index contributed by atoms with van der Waals surface area (Å²) in [5.41, 5.74) is 1.64. The summed E-state index contributed by atoms with van der Waals surface area (Å²) in [5.74, 6) is 0.398. The fourth-order valence-corrected chi connectivity index (χ4v) is 1.21. The van der Waals surface area contributed by atoms with Crippen LogP contribution in [0, 0.1) is 0 Å². The zero-order valence-corrected chi connectivity index (χ0v) is 10.9. The molecule has 0 saturated carbocycles. The van der Waals surface area contributed by atoms with E-state index in [1.807, 2.05) is 20.8 Å². The van der Waals surface area contributed by atoms with Crippen molar-refractivity contribution >= 4 is 17.2 Å². The number of rotatable bonds is 3. The highest BCUT2D eigenvalue weighted by Gasteiger charge is 2.04. The summed E-state index contributed by atoms with van der Waals surface area (Å²) in [6.07, 6.45) is 1.68. The van der Waals surface area contributed by atoms with Gasteiger partial charge in [-0.15, -0.1) is 0 Å². The number of hydrogen-bond acceptors (Lipinski definition) is 3. The molecule has 1 heterocycles. The van der Waals surface area contributed by atoms with Gasteiger partial charge in [-0.05, 0) is 24.6 Å². The van der Waals surface area contributed by atoms with Crippen molar-refractivity contribution in [3.63, 3.8) is 0 Å². The van der Waals surface area contributed by atoms with E-state index >= 15 is 0 Å². The van der Waals surface area contributed by atoms with E-state index < -0.39 is 0 Å². The zero-order chi connectivity index (χ0) is 12.6. The number of aromatic nitrogens is 1. The van der Waals surface area contributed by atoms with Crippen molar-refractivity contribution in [2.45, 2.75) is 20.8 Å². The van der Waals surface area contributed by atoms with E-state index in [2.05, 4.69) is 4.98 Å². The number of ether oxygens (including phenoxy) is 1. The first kappa shape index (κ1) is 14.9. The molecule has 90 valence electrons. The van der Waals surface area contributed by atoms with Gasteiger partial charge in [0, 0.05) is 0 Å². The van der Waals surface area contributed by atoms with Crippen LogP contribution in [0.15, 0.2) is 18.2 Å². The maximum absolute atomic E-state index is 8.72. The lowest BCUT2D eigenvalue weighted by Crippen LogP contribution is -1.93. The molecule has 1 rings (SSSR count). The molecule has 0 aliphatic rings. The Bertz CT molecular complexity index is 351. The van der Waals surface area contributed by atoms with E-state index in [0.717, 1.165) is 11.3 Å². The standard InChI is InChI=1S/C10H12ClNO2.C2H6/c1-7(5-6-13)9-4-3-8(11)10(12-9)14-2;1-2/h3-5,13H,6H2,1-2H3;1-2H3/b7-5+;. The van der Waals surface area contributed by atoms with E-state index in [9.17, 15) is 0 Å². The zero-order valence-electron chi connectivity index (χ0n) is 10.1. The summed E-state index contributed by atoms with van der Waals surface area (Å²) >= 11 is 5.82. The second-order valence-corrected chi connectivity index (χ2v) is 3.16. The molecule has 16 heavy (non-hydrogen) atoms. The lowest BCUT2D eigenvalue weighted by molar-refractivity contribution is 0.343. The first-order valence-corrected chi connectivity index (χ1v) is 5.55. The molecule has 3 nitrogen and oxygen atoms in total. The number of aliphatic hydroxyl groups excluding tert-OH is 1. The van der Waals surface area contributed by atoms with Gasteiger partial charge in [-0.1, -0.05) is 31.5 Å². The van der Waals surface area contributed by atoms with Crippen molar-refractivity contribution in [3.05, 3.63) is 28.9 Å². The van der Waals surface area contributed by atoms with Crippen LogP contribution in [0.4, 0.5) is 0 Å². The predicted octanol–water partition coefficient (Wildman–Crippen LogP) is 3.17. The van der Waals surface area contributed by atoms with Gasteiger partial charge in [0.15, 0.2) is 0 Å². The third-order valence-electron chi connectivity index (χ3n) is 1.81. The normalized spacial score (nSPS) is 10.5. The molecule has 1 aromatic heterocycles. The van der Waals surface area contributed by atoms with Gasteiger partial charge in [-0.25, -0.2) is 4.98 Å². The van der Waals surface area contributed by atoms with E-state index in [4.69, 9.17) is 21.4 Å². The van der Waals surface area contributed by atoms with Gasteiger partial charge in [-0.3, -0.25) is 0 Å². The summed E-state index contributed by atoms with van der Waals surface area (Å²) in [6, 6.07) is 3.50. The van der Waals surface area contributed by atoms with Crippen LogP contribution in [-0.2, 0) is 0 Å². The highest BCUT2D eigenvalue weighted by Crippen LogP contribution is 2.23. The summed E-state index contributed by atoms with van der Waals surface area (Å²) < 4.78 is 4.98. The van der Waals surface area contributed by atoms with Crippen LogP contribution in [0.5, 0.6) is 5.88 Å². The van der Waals surface area contributed by atoms with E-state index in [1.54, 1.807) is 18.2 Å². The second kappa shape index (κ2) is 8.13. The SMILES string of the molecule is CC.COc1nc(/C(C)=C/CO)ccc1Cl. The monoisotopic (exact) mass is 243 g/mol. The molecule has 0 bridgehead atoms. The lowest BCUT2D eigenvalue weighted by Gasteiger charge is -2.05. The Morgan fingerprint density at radius 3 is 2.62 bits per heavy atom. The average Bonchev–Trinajstić information content (AvgIpc) is 2.32. The smallest absolute Gasteiger partial charge is 0.232 e. The third-order valence-corrected chi connectivity index (χ3v) is 2.10. The molecule has 4 heteroatoms. The lowest BCUT2D eigenvalue weighted by atomic mass is 10.2. The van der Waals surface area contributed by atoms with Crippen LogP contribution in [0.3, 0.4) is 0 Å². The van der Waals surface area contributed by atoms with Gasteiger partial charge in [0.1, 0.15) is 5.02 Å². The highest BCUT2D eigenvalue weighted by atomic mass is 35.5. The van der Waals surface area contributed by atoms with Crippen molar-refractivity contribution in [1.29, 1.82) is 0 Å². The molecule has 0 aromatic carbocycles. The van der Waals surface area contributed by atoms with Crippen LogP contribution in [0.1, 0.15) is 26.5 Å². The Morgan fingerprint density at radius 1 is 1.50 bits per heavy atom. The van der Waals surface area contributed by atoms with Crippen molar-refractivity contribution in [1.82, 2.24) is 4.98 Å². The minimum atomic E-state index is -0.00153. The highest BCUT2D eigenvalue weighted by molar-refractivity contribution is 6.31. The number of aliphatic hydroxyl groups is 1. The first-order chi connectivity index (χ1) is 7.69. The van der Waals surface area contributed by atoms with Crippen LogP contribution >= 0.6 is 11.6 Å².